The summed E-state index contributed by atoms with van der Waals surface area (Å²) in [5.41, 5.74) is 10.8. The van der Waals surface area contributed by atoms with Crippen molar-refractivity contribution in [3.05, 3.63) is 193 Å². The maximum atomic E-state index is 6.45. The highest BCUT2D eigenvalue weighted by molar-refractivity contribution is 7.13. The van der Waals surface area contributed by atoms with Crippen molar-refractivity contribution in [3.8, 4) is 43.5 Å². The number of anilines is 6. The molecule has 5 heterocycles. The van der Waals surface area contributed by atoms with Gasteiger partial charge in [-0.3, -0.25) is 9.97 Å². The molecule has 0 unspecified atom stereocenters. The lowest BCUT2D eigenvalue weighted by Crippen LogP contribution is -2.09. The number of benzene rings is 4. The van der Waals surface area contributed by atoms with E-state index in [1.165, 1.54) is 20.9 Å². The van der Waals surface area contributed by atoms with Crippen molar-refractivity contribution in [2.45, 2.75) is 0 Å². The van der Waals surface area contributed by atoms with E-state index in [0.717, 1.165) is 56.8 Å². The summed E-state index contributed by atoms with van der Waals surface area (Å²) in [6.07, 6.45) is 7.31. The maximum Gasteiger partial charge on any atom is 0.134 e. The van der Waals surface area contributed by atoms with E-state index >= 15 is 0 Å². The van der Waals surface area contributed by atoms with E-state index in [9.17, 15) is 0 Å². The first-order chi connectivity index (χ1) is 26.3. The second kappa shape index (κ2) is 14.6. The molecular weight excluding hydrogens is 689 g/mol. The first-order valence-electron chi connectivity index (χ1n) is 17.3. The number of thiophene rings is 2. The Morgan fingerprint density at radius 2 is 0.660 bits per heavy atom. The van der Waals surface area contributed by atoms with Crippen LogP contribution >= 0.6 is 22.7 Å². The van der Waals surface area contributed by atoms with Crippen molar-refractivity contribution in [2.24, 2.45) is 0 Å². The predicted octanol–water partition coefficient (Wildman–Crippen LogP) is 13.8. The van der Waals surface area contributed by atoms with Gasteiger partial charge >= 0.3 is 0 Å². The van der Waals surface area contributed by atoms with Crippen LogP contribution in [0.3, 0.4) is 0 Å². The minimum atomic E-state index is 0.815. The Morgan fingerprint density at radius 3 is 0.981 bits per heavy atom. The molecule has 5 nitrogen and oxygen atoms in total. The third-order valence-corrected chi connectivity index (χ3v) is 11.0. The van der Waals surface area contributed by atoms with Crippen LogP contribution in [0, 0.1) is 0 Å². The average Bonchev–Trinajstić information content (AvgIpc) is 4.05. The second-order valence-corrected chi connectivity index (χ2v) is 14.3. The third-order valence-electron chi connectivity index (χ3n) is 9.13. The Morgan fingerprint density at radius 1 is 0.340 bits per heavy atom. The van der Waals surface area contributed by atoms with E-state index < -0.39 is 0 Å². The summed E-state index contributed by atoms with van der Waals surface area (Å²) in [6, 6.07) is 55.1. The Hall–Kier alpha value is -6.54. The molecule has 0 atom stereocenters. The molecule has 0 bridgehead atoms. The van der Waals surface area contributed by atoms with Crippen LogP contribution in [0.2, 0.25) is 0 Å². The van der Waals surface area contributed by atoms with Crippen LogP contribution in [-0.2, 0) is 0 Å². The topological polar surface area (TPSA) is 45.4 Å². The van der Waals surface area contributed by atoms with E-state index in [2.05, 4.69) is 152 Å². The van der Waals surface area contributed by atoms with Gasteiger partial charge in [0.05, 0.1) is 0 Å². The summed E-state index contributed by atoms with van der Waals surface area (Å²) < 4.78 is 6.45. The number of aromatic nitrogens is 2. The zero-order valence-electron chi connectivity index (χ0n) is 28.5. The van der Waals surface area contributed by atoms with Crippen LogP contribution in [0.1, 0.15) is 0 Å². The fourth-order valence-corrected chi connectivity index (χ4v) is 7.98. The molecule has 0 saturated carbocycles. The number of rotatable bonds is 10. The van der Waals surface area contributed by atoms with Gasteiger partial charge in [-0.25, -0.2) is 0 Å². The predicted molar refractivity (Wildman–Crippen MR) is 221 cm³/mol. The molecular formula is C46H32N4OS2. The van der Waals surface area contributed by atoms with Crippen molar-refractivity contribution < 1.29 is 4.42 Å². The molecule has 0 aliphatic heterocycles. The van der Waals surface area contributed by atoms with Gasteiger partial charge in [-0.05, 0) is 143 Å². The first-order valence-corrected chi connectivity index (χ1v) is 19.0. The average molecular weight is 721 g/mol. The Balaban J connectivity index is 0.965. The van der Waals surface area contributed by atoms with Crippen molar-refractivity contribution in [3.63, 3.8) is 0 Å². The van der Waals surface area contributed by atoms with Crippen LogP contribution < -0.4 is 9.80 Å². The minimum Gasteiger partial charge on any atom is -0.456 e. The Bertz CT molecular complexity index is 2330. The lowest BCUT2D eigenvalue weighted by Gasteiger charge is -2.25. The lowest BCUT2D eigenvalue weighted by atomic mass is 10.1. The second-order valence-electron chi connectivity index (χ2n) is 12.4. The molecule has 254 valence electrons. The molecule has 0 aliphatic carbocycles. The van der Waals surface area contributed by atoms with Gasteiger partial charge in [0.25, 0.3) is 0 Å². The zero-order chi connectivity index (χ0) is 35.4. The minimum absolute atomic E-state index is 0.815. The zero-order valence-corrected chi connectivity index (χ0v) is 30.1. The number of hydrogen-bond acceptors (Lipinski definition) is 7. The molecule has 53 heavy (non-hydrogen) atoms. The highest BCUT2D eigenvalue weighted by Gasteiger charge is 2.16. The summed E-state index contributed by atoms with van der Waals surface area (Å²) in [5.74, 6) is 1.63. The summed E-state index contributed by atoms with van der Waals surface area (Å²) >= 11 is 3.50. The Labute approximate surface area is 316 Å². The van der Waals surface area contributed by atoms with Crippen LogP contribution in [0.5, 0.6) is 0 Å². The molecule has 0 saturated heterocycles. The van der Waals surface area contributed by atoms with Gasteiger partial charge in [0.1, 0.15) is 11.5 Å². The number of pyridine rings is 2. The summed E-state index contributed by atoms with van der Waals surface area (Å²) in [6.45, 7) is 0. The highest BCUT2D eigenvalue weighted by atomic mass is 32.1. The van der Waals surface area contributed by atoms with Gasteiger partial charge in [-0.2, -0.15) is 0 Å². The van der Waals surface area contributed by atoms with E-state index in [-0.39, 0.29) is 0 Å². The van der Waals surface area contributed by atoms with Gasteiger partial charge in [0, 0.05) is 79.8 Å². The smallest absolute Gasteiger partial charge is 0.134 e. The molecule has 0 fully saturated rings. The molecule has 0 spiro atoms. The molecule has 0 N–H and O–H groups in total. The monoisotopic (exact) mass is 720 g/mol. The van der Waals surface area contributed by atoms with E-state index in [0.29, 0.717) is 0 Å². The summed E-state index contributed by atoms with van der Waals surface area (Å²) in [7, 11) is 0. The number of hydrogen-bond donors (Lipinski definition) is 0. The lowest BCUT2D eigenvalue weighted by molar-refractivity contribution is 0.597. The van der Waals surface area contributed by atoms with E-state index in [1.807, 2.05) is 61.2 Å². The van der Waals surface area contributed by atoms with Gasteiger partial charge in [-0.1, -0.05) is 36.4 Å². The maximum absolute atomic E-state index is 6.45. The normalized spacial score (nSPS) is 11.0. The van der Waals surface area contributed by atoms with Gasteiger partial charge in [0.15, 0.2) is 0 Å². The first kappa shape index (κ1) is 32.4. The van der Waals surface area contributed by atoms with Gasteiger partial charge in [0.2, 0.25) is 0 Å². The van der Waals surface area contributed by atoms with E-state index in [1.54, 1.807) is 22.7 Å². The summed E-state index contributed by atoms with van der Waals surface area (Å²) in [5, 5.41) is 4.22. The Kier molecular flexibility index (Phi) is 8.92. The molecule has 9 aromatic rings. The molecule has 0 aliphatic rings. The molecule has 0 amide bonds. The largest absolute Gasteiger partial charge is 0.456 e. The molecule has 5 aromatic heterocycles. The van der Waals surface area contributed by atoms with Crippen molar-refractivity contribution in [1.82, 2.24) is 9.97 Å². The fraction of sp³-hybridized carbons (Fsp3) is 0. The quantitative estimate of drug-likeness (QED) is 0.141. The SMILES string of the molecule is c1csc(-c2ccc(N(c3ccncc3)c3ccc(-c4ccc(-c5ccc(N(c6ccncc6)c6ccc(-c7cccs7)cc6)cc5)o4)cc3)cc2)c1. The van der Waals surface area contributed by atoms with Crippen LogP contribution in [-0.4, -0.2) is 9.97 Å². The van der Waals surface area contributed by atoms with Gasteiger partial charge < -0.3 is 14.2 Å². The van der Waals surface area contributed by atoms with Gasteiger partial charge in [-0.15, -0.1) is 22.7 Å². The van der Waals surface area contributed by atoms with Crippen LogP contribution in [0.25, 0.3) is 43.5 Å². The standard InChI is InChI=1S/C46H32N4OS2/c1-3-45(52-31-1)35-9-17-39(18-10-35)49(41-23-27-47-28-24-41)37-13-5-33(6-14-37)43-21-22-44(51-43)34-7-15-38(16-8-34)50(42-25-29-48-30-26-42)40-19-11-36(12-20-40)46-4-2-32-53-46/h1-32H. The highest BCUT2D eigenvalue weighted by Crippen LogP contribution is 2.39. The van der Waals surface area contributed by atoms with Crippen LogP contribution in [0.15, 0.2) is 198 Å². The molecule has 0 radical (unpaired) electrons. The van der Waals surface area contributed by atoms with Crippen molar-refractivity contribution in [2.75, 3.05) is 9.80 Å². The van der Waals surface area contributed by atoms with E-state index in [4.69, 9.17) is 4.42 Å². The van der Waals surface area contributed by atoms with Crippen molar-refractivity contribution in [1.29, 1.82) is 0 Å². The third kappa shape index (κ3) is 6.79. The van der Waals surface area contributed by atoms with Crippen molar-refractivity contribution >= 4 is 56.8 Å². The van der Waals surface area contributed by atoms with Crippen LogP contribution in [0.4, 0.5) is 34.1 Å². The molecule has 9 rings (SSSR count). The summed E-state index contributed by atoms with van der Waals surface area (Å²) in [4.78, 5) is 15.5. The number of furan rings is 1. The fourth-order valence-electron chi connectivity index (χ4n) is 6.51. The molecule has 7 heteroatoms. The number of nitrogens with zero attached hydrogens (tertiary/aromatic N) is 4. The molecule has 4 aromatic carbocycles.